The van der Waals surface area contributed by atoms with E-state index in [0.717, 1.165) is 24.8 Å². The van der Waals surface area contributed by atoms with E-state index in [1.807, 2.05) is 6.07 Å². The molecule has 4 rings (SSSR count). The van der Waals surface area contributed by atoms with Gasteiger partial charge in [0.1, 0.15) is 13.2 Å². The van der Waals surface area contributed by atoms with E-state index in [1.54, 1.807) is 24.3 Å². The SMILES string of the molecule is O=S(=O)(Nc1cc2c(cc1Br)OCCO2)c1ccc2c(c1)CCC2. The van der Waals surface area contributed by atoms with Crippen LogP contribution in [0.15, 0.2) is 39.7 Å². The van der Waals surface area contributed by atoms with Crippen molar-refractivity contribution < 1.29 is 17.9 Å². The molecular weight excluding hydrogens is 394 g/mol. The van der Waals surface area contributed by atoms with Crippen LogP contribution in [-0.2, 0) is 22.9 Å². The van der Waals surface area contributed by atoms with Crippen molar-refractivity contribution in [1.29, 1.82) is 0 Å². The first-order chi connectivity index (χ1) is 11.5. The van der Waals surface area contributed by atoms with Crippen LogP contribution in [0.4, 0.5) is 5.69 Å². The zero-order valence-electron chi connectivity index (χ0n) is 12.8. The number of hydrogen-bond acceptors (Lipinski definition) is 4. The highest BCUT2D eigenvalue weighted by atomic mass is 79.9. The number of halogens is 1. The maximum atomic E-state index is 12.7. The molecule has 2 aromatic carbocycles. The second-order valence-corrected chi connectivity index (χ2v) is 8.40. The molecule has 0 bridgehead atoms. The number of hydrogen-bond donors (Lipinski definition) is 1. The summed E-state index contributed by atoms with van der Waals surface area (Å²) in [5.41, 5.74) is 2.80. The van der Waals surface area contributed by atoms with Gasteiger partial charge in [-0.2, -0.15) is 0 Å². The summed E-state index contributed by atoms with van der Waals surface area (Å²) in [6.45, 7) is 0.936. The smallest absolute Gasteiger partial charge is 0.261 e. The molecule has 7 heteroatoms. The van der Waals surface area contributed by atoms with E-state index < -0.39 is 10.0 Å². The van der Waals surface area contributed by atoms with Gasteiger partial charge in [0.25, 0.3) is 10.0 Å². The molecule has 5 nitrogen and oxygen atoms in total. The third-order valence-corrected chi connectivity index (χ3v) is 6.28. The van der Waals surface area contributed by atoms with E-state index in [0.29, 0.717) is 34.9 Å². The summed E-state index contributed by atoms with van der Waals surface area (Å²) in [5.74, 6) is 1.14. The fourth-order valence-corrected chi connectivity index (χ4v) is 4.73. The second kappa shape index (κ2) is 5.97. The van der Waals surface area contributed by atoms with Crippen molar-refractivity contribution in [3.63, 3.8) is 0 Å². The minimum absolute atomic E-state index is 0.282. The van der Waals surface area contributed by atoms with E-state index in [1.165, 1.54) is 5.56 Å². The van der Waals surface area contributed by atoms with Crippen molar-refractivity contribution in [2.75, 3.05) is 17.9 Å². The quantitative estimate of drug-likeness (QED) is 0.841. The lowest BCUT2D eigenvalue weighted by molar-refractivity contribution is 0.171. The van der Waals surface area contributed by atoms with Crippen molar-refractivity contribution in [3.05, 3.63) is 45.9 Å². The van der Waals surface area contributed by atoms with E-state index in [9.17, 15) is 8.42 Å². The Hall–Kier alpha value is -1.73. The fourth-order valence-electron chi connectivity index (χ4n) is 3.06. The zero-order chi connectivity index (χ0) is 16.7. The highest BCUT2D eigenvalue weighted by Crippen LogP contribution is 2.39. The van der Waals surface area contributed by atoms with Gasteiger partial charge in [-0.25, -0.2) is 8.42 Å². The van der Waals surface area contributed by atoms with Crippen LogP contribution in [0.5, 0.6) is 11.5 Å². The molecule has 0 saturated carbocycles. The van der Waals surface area contributed by atoms with Crippen LogP contribution in [0.25, 0.3) is 0 Å². The predicted molar refractivity (Wildman–Crippen MR) is 94.4 cm³/mol. The van der Waals surface area contributed by atoms with Gasteiger partial charge in [-0.15, -0.1) is 0 Å². The molecule has 0 radical (unpaired) electrons. The molecule has 0 spiro atoms. The number of ether oxygens (including phenoxy) is 2. The van der Waals surface area contributed by atoms with Crippen molar-refractivity contribution in [1.82, 2.24) is 0 Å². The van der Waals surface area contributed by atoms with Crippen LogP contribution in [0.2, 0.25) is 0 Å². The average Bonchev–Trinajstić information content (AvgIpc) is 3.03. The molecule has 2 aliphatic rings. The molecular formula is C17H16BrNO4S. The molecule has 126 valence electrons. The normalized spacial score (nSPS) is 15.9. The van der Waals surface area contributed by atoms with Crippen molar-refractivity contribution in [2.45, 2.75) is 24.2 Å². The van der Waals surface area contributed by atoms with E-state index in [2.05, 4.69) is 20.7 Å². The largest absolute Gasteiger partial charge is 0.486 e. The summed E-state index contributed by atoms with van der Waals surface area (Å²) in [5, 5.41) is 0. The molecule has 0 fully saturated rings. The molecule has 24 heavy (non-hydrogen) atoms. The monoisotopic (exact) mass is 409 g/mol. The summed E-state index contributed by atoms with van der Waals surface area (Å²) in [7, 11) is -3.66. The first-order valence-electron chi connectivity index (χ1n) is 7.77. The highest BCUT2D eigenvalue weighted by molar-refractivity contribution is 9.10. The van der Waals surface area contributed by atoms with Crippen LogP contribution in [-0.4, -0.2) is 21.6 Å². The molecule has 0 saturated heterocycles. The van der Waals surface area contributed by atoms with Crippen LogP contribution in [0, 0.1) is 0 Å². The number of nitrogens with one attached hydrogen (secondary N) is 1. The Morgan fingerprint density at radius 1 is 0.958 bits per heavy atom. The van der Waals surface area contributed by atoms with Gasteiger partial charge in [0.05, 0.1) is 10.6 Å². The van der Waals surface area contributed by atoms with Crippen molar-refractivity contribution >= 4 is 31.6 Å². The molecule has 1 aliphatic carbocycles. The number of benzene rings is 2. The standard InChI is InChI=1S/C17H16BrNO4S/c18-14-9-16-17(23-7-6-22-16)10-15(14)19-24(20,21)13-5-4-11-2-1-3-12(11)8-13/h4-5,8-10,19H,1-3,6-7H2. The average molecular weight is 410 g/mol. The van der Waals surface area contributed by atoms with Gasteiger partial charge in [-0.1, -0.05) is 6.07 Å². The maximum absolute atomic E-state index is 12.7. The van der Waals surface area contributed by atoms with Gasteiger partial charge < -0.3 is 9.47 Å². The molecule has 1 N–H and O–H groups in total. The molecule has 0 aromatic heterocycles. The minimum atomic E-state index is -3.66. The Morgan fingerprint density at radius 2 is 1.67 bits per heavy atom. The number of rotatable bonds is 3. The third-order valence-electron chi connectivity index (χ3n) is 4.26. The Bertz CT molecular complexity index is 911. The van der Waals surface area contributed by atoms with Crippen LogP contribution >= 0.6 is 15.9 Å². The Kier molecular flexibility index (Phi) is 3.92. The Balaban J connectivity index is 1.67. The predicted octanol–water partition coefficient (Wildman–Crippen LogP) is 3.51. The van der Waals surface area contributed by atoms with Gasteiger partial charge in [0.15, 0.2) is 11.5 Å². The number of fused-ring (bicyclic) bond motifs is 2. The molecule has 2 aromatic rings. The highest BCUT2D eigenvalue weighted by Gasteiger charge is 2.21. The van der Waals surface area contributed by atoms with Crippen LogP contribution in [0.1, 0.15) is 17.5 Å². The summed E-state index contributed by atoms with van der Waals surface area (Å²) in [4.78, 5) is 0.282. The van der Waals surface area contributed by atoms with Gasteiger partial charge in [-0.3, -0.25) is 4.72 Å². The number of anilines is 1. The topological polar surface area (TPSA) is 64.6 Å². The van der Waals surface area contributed by atoms with Crippen LogP contribution < -0.4 is 14.2 Å². The lowest BCUT2D eigenvalue weighted by Crippen LogP contribution is -2.17. The zero-order valence-corrected chi connectivity index (χ0v) is 15.2. The van der Waals surface area contributed by atoms with Crippen molar-refractivity contribution in [2.24, 2.45) is 0 Å². The van der Waals surface area contributed by atoms with Gasteiger partial charge in [-0.05, 0) is 58.5 Å². The minimum Gasteiger partial charge on any atom is -0.486 e. The summed E-state index contributed by atoms with van der Waals surface area (Å²) in [6.07, 6.45) is 3.04. The molecule has 1 heterocycles. The van der Waals surface area contributed by atoms with Gasteiger partial charge in [0.2, 0.25) is 0 Å². The maximum Gasteiger partial charge on any atom is 0.261 e. The Morgan fingerprint density at radius 3 is 2.46 bits per heavy atom. The second-order valence-electron chi connectivity index (χ2n) is 5.87. The third kappa shape index (κ3) is 2.86. The summed E-state index contributed by atoms with van der Waals surface area (Å²) >= 11 is 3.39. The molecule has 1 aliphatic heterocycles. The molecule has 0 atom stereocenters. The summed E-state index contributed by atoms with van der Waals surface area (Å²) < 4.78 is 39.7. The first-order valence-corrected chi connectivity index (χ1v) is 10.0. The molecule has 0 unspecified atom stereocenters. The van der Waals surface area contributed by atoms with E-state index in [4.69, 9.17) is 9.47 Å². The molecule has 0 amide bonds. The number of sulfonamides is 1. The summed E-state index contributed by atoms with van der Waals surface area (Å²) in [6, 6.07) is 8.71. The van der Waals surface area contributed by atoms with E-state index in [-0.39, 0.29) is 4.90 Å². The van der Waals surface area contributed by atoms with Gasteiger partial charge in [0, 0.05) is 16.6 Å². The van der Waals surface area contributed by atoms with E-state index >= 15 is 0 Å². The van der Waals surface area contributed by atoms with Crippen LogP contribution in [0.3, 0.4) is 0 Å². The van der Waals surface area contributed by atoms with Crippen molar-refractivity contribution in [3.8, 4) is 11.5 Å². The fraction of sp³-hybridized carbons (Fsp3) is 0.294. The lowest BCUT2D eigenvalue weighted by atomic mass is 10.1. The first kappa shape index (κ1) is 15.8. The van der Waals surface area contributed by atoms with Gasteiger partial charge >= 0.3 is 0 Å². The Labute approximate surface area is 149 Å². The number of aryl methyl sites for hydroxylation is 2. The lowest BCUT2D eigenvalue weighted by Gasteiger charge is -2.20.